The highest BCUT2D eigenvalue weighted by molar-refractivity contribution is 5.94. The smallest absolute Gasteiger partial charge is 0.253 e. The maximum atomic E-state index is 12.7. The van der Waals surface area contributed by atoms with Crippen molar-refractivity contribution in [2.75, 3.05) is 13.7 Å². The molecule has 0 bridgehead atoms. The summed E-state index contributed by atoms with van der Waals surface area (Å²) in [6.45, 7) is 5.05. The molecule has 0 spiro atoms. The average molecular weight is 388 g/mol. The first-order chi connectivity index (χ1) is 14.2. The number of aromatic nitrogens is 1. The summed E-state index contributed by atoms with van der Waals surface area (Å²) in [5, 5.41) is 0. The Kier molecular flexibility index (Phi) is 7.00. The van der Waals surface area contributed by atoms with E-state index in [9.17, 15) is 4.79 Å². The molecular weight excluding hydrogens is 364 g/mol. The first kappa shape index (κ1) is 20.1. The third kappa shape index (κ3) is 5.94. The zero-order valence-electron chi connectivity index (χ0n) is 16.5. The molecule has 0 N–H and O–H groups in total. The Balaban J connectivity index is 1.54. The van der Waals surface area contributed by atoms with Crippen LogP contribution in [-0.4, -0.2) is 29.4 Å². The van der Waals surface area contributed by atoms with Gasteiger partial charge in [0.1, 0.15) is 24.7 Å². The van der Waals surface area contributed by atoms with Gasteiger partial charge in [0, 0.05) is 37.1 Å². The molecule has 0 atom stereocenters. The third-order valence-corrected chi connectivity index (χ3v) is 4.29. The van der Waals surface area contributed by atoms with Crippen LogP contribution < -0.4 is 9.47 Å². The number of carbonyl (C=O) groups is 1. The predicted molar refractivity (Wildman–Crippen MR) is 113 cm³/mol. The Morgan fingerprint density at radius 3 is 2.34 bits per heavy atom. The summed E-state index contributed by atoms with van der Waals surface area (Å²) in [5.74, 6) is 1.45. The summed E-state index contributed by atoms with van der Waals surface area (Å²) >= 11 is 0. The summed E-state index contributed by atoms with van der Waals surface area (Å²) in [6.07, 6.45) is 5.20. The van der Waals surface area contributed by atoms with E-state index in [1.165, 1.54) is 0 Å². The Morgan fingerprint density at radius 2 is 1.69 bits per heavy atom. The molecule has 5 nitrogen and oxygen atoms in total. The summed E-state index contributed by atoms with van der Waals surface area (Å²) in [6, 6.07) is 18.7. The highest BCUT2D eigenvalue weighted by atomic mass is 16.5. The molecule has 0 fully saturated rings. The minimum atomic E-state index is -0.0456. The van der Waals surface area contributed by atoms with Gasteiger partial charge in [-0.3, -0.25) is 9.78 Å². The Morgan fingerprint density at radius 1 is 1.00 bits per heavy atom. The van der Waals surface area contributed by atoms with E-state index in [1.807, 2.05) is 48.5 Å². The van der Waals surface area contributed by atoms with Crippen molar-refractivity contribution in [2.24, 2.45) is 0 Å². The lowest BCUT2D eigenvalue weighted by Gasteiger charge is -2.18. The largest absolute Gasteiger partial charge is 0.490 e. The molecule has 0 saturated heterocycles. The second-order valence-corrected chi connectivity index (χ2v) is 6.58. The normalized spacial score (nSPS) is 10.2. The number of benzene rings is 2. The van der Waals surface area contributed by atoms with E-state index in [-0.39, 0.29) is 5.91 Å². The Hall–Kier alpha value is -3.60. The molecule has 3 rings (SSSR count). The van der Waals surface area contributed by atoms with Crippen LogP contribution in [0.15, 0.2) is 85.7 Å². The van der Waals surface area contributed by atoms with E-state index < -0.39 is 0 Å². The van der Waals surface area contributed by atoms with Gasteiger partial charge >= 0.3 is 0 Å². The fraction of sp³-hybridized carbons (Fsp3) is 0.167. The van der Waals surface area contributed by atoms with Crippen molar-refractivity contribution in [1.29, 1.82) is 0 Å². The fourth-order valence-corrected chi connectivity index (χ4v) is 2.76. The van der Waals surface area contributed by atoms with Gasteiger partial charge in [-0.25, -0.2) is 0 Å². The topological polar surface area (TPSA) is 51.7 Å². The van der Waals surface area contributed by atoms with Gasteiger partial charge in [0.2, 0.25) is 0 Å². The zero-order valence-corrected chi connectivity index (χ0v) is 16.5. The van der Waals surface area contributed by atoms with Gasteiger partial charge in [-0.2, -0.15) is 0 Å². The summed E-state index contributed by atoms with van der Waals surface area (Å²) in [7, 11) is 1.79. The average Bonchev–Trinajstić information content (AvgIpc) is 2.78. The minimum absolute atomic E-state index is 0.0456. The molecule has 0 aliphatic carbocycles. The minimum Gasteiger partial charge on any atom is -0.490 e. The van der Waals surface area contributed by atoms with Crippen molar-refractivity contribution < 1.29 is 14.3 Å². The molecule has 1 amide bonds. The van der Waals surface area contributed by atoms with Gasteiger partial charge in [0.05, 0.1) is 0 Å². The van der Waals surface area contributed by atoms with Crippen LogP contribution in [0.25, 0.3) is 0 Å². The molecule has 29 heavy (non-hydrogen) atoms. The van der Waals surface area contributed by atoms with E-state index in [1.54, 1.807) is 42.6 Å². The van der Waals surface area contributed by atoms with Crippen molar-refractivity contribution in [2.45, 2.75) is 13.2 Å². The van der Waals surface area contributed by atoms with Crippen LogP contribution in [0.2, 0.25) is 0 Å². The summed E-state index contributed by atoms with van der Waals surface area (Å²) in [5.41, 5.74) is 2.64. The van der Waals surface area contributed by atoms with Crippen molar-refractivity contribution in [1.82, 2.24) is 9.88 Å². The Bertz CT molecular complexity index is 923. The molecule has 0 radical (unpaired) electrons. The predicted octanol–water partition coefficient (Wildman–Crippen LogP) is 4.50. The molecule has 1 aromatic heterocycles. The summed E-state index contributed by atoms with van der Waals surface area (Å²) < 4.78 is 11.2. The highest BCUT2D eigenvalue weighted by Crippen LogP contribution is 2.17. The van der Waals surface area contributed by atoms with Crippen molar-refractivity contribution in [3.8, 4) is 11.5 Å². The van der Waals surface area contributed by atoms with Gasteiger partial charge in [0.25, 0.3) is 5.91 Å². The lowest BCUT2D eigenvalue weighted by molar-refractivity contribution is 0.0785. The number of hydrogen-bond donors (Lipinski definition) is 0. The number of hydrogen-bond acceptors (Lipinski definition) is 4. The monoisotopic (exact) mass is 388 g/mol. The number of carbonyl (C=O) groups excluding carboxylic acids is 1. The molecule has 0 aliphatic heterocycles. The van der Waals surface area contributed by atoms with E-state index >= 15 is 0 Å². The lowest BCUT2D eigenvalue weighted by Crippen LogP contribution is -2.26. The standard InChI is InChI=1S/C24H24N2O3/c1-3-15-28-22-10-6-19(7-11-22)17-26(2)24(27)21-8-12-23(13-9-21)29-18-20-5-4-14-25-16-20/h3-14,16H,1,15,17-18H2,2H3. The van der Waals surface area contributed by atoms with Crippen LogP contribution in [0.5, 0.6) is 11.5 Å². The first-order valence-corrected chi connectivity index (χ1v) is 9.35. The number of rotatable bonds is 9. The van der Waals surface area contributed by atoms with Crippen LogP contribution in [-0.2, 0) is 13.2 Å². The molecule has 0 unspecified atom stereocenters. The number of amides is 1. The molecule has 5 heteroatoms. The zero-order chi connectivity index (χ0) is 20.5. The van der Waals surface area contributed by atoms with Gasteiger partial charge in [-0.15, -0.1) is 0 Å². The number of pyridine rings is 1. The van der Waals surface area contributed by atoms with Gasteiger partial charge in [0.15, 0.2) is 0 Å². The highest BCUT2D eigenvalue weighted by Gasteiger charge is 2.12. The van der Waals surface area contributed by atoms with Crippen molar-refractivity contribution in [3.05, 3.63) is 102 Å². The summed E-state index contributed by atoms with van der Waals surface area (Å²) in [4.78, 5) is 18.4. The SMILES string of the molecule is C=CCOc1ccc(CN(C)C(=O)c2ccc(OCc3cccnc3)cc2)cc1. The lowest BCUT2D eigenvalue weighted by atomic mass is 10.1. The second kappa shape index (κ2) is 10.1. The van der Waals surface area contributed by atoms with Gasteiger partial charge in [-0.1, -0.05) is 30.9 Å². The van der Waals surface area contributed by atoms with Crippen LogP contribution in [0.3, 0.4) is 0 Å². The molecule has 1 heterocycles. The molecule has 3 aromatic rings. The number of nitrogens with zero attached hydrogens (tertiary/aromatic N) is 2. The van der Waals surface area contributed by atoms with Crippen LogP contribution in [0.4, 0.5) is 0 Å². The van der Waals surface area contributed by atoms with Gasteiger partial charge < -0.3 is 14.4 Å². The van der Waals surface area contributed by atoms with E-state index in [2.05, 4.69) is 11.6 Å². The quantitative estimate of drug-likeness (QED) is 0.507. The van der Waals surface area contributed by atoms with E-state index in [0.717, 1.165) is 16.9 Å². The molecule has 2 aromatic carbocycles. The van der Waals surface area contributed by atoms with E-state index in [0.29, 0.717) is 31.1 Å². The maximum Gasteiger partial charge on any atom is 0.253 e. The van der Waals surface area contributed by atoms with E-state index in [4.69, 9.17) is 9.47 Å². The van der Waals surface area contributed by atoms with Crippen LogP contribution >= 0.6 is 0 Å². The maximum absolute atomic E-state index is 12.7. The van der Waals surface area contributed by atoms with Gasteiger partial charge in [-0.05, 0) is 48.0 Å². The second-order valence-electron chi connectivity index (χ2n) is 6.58. The van der Waals surface area contributed by atoms with Crippen molar-refractivity contribution >= 4 is 5.91 Å². The first-order valence-electron chi connectivity index (χ1n) is 9.35. The molecule has 0 saturated carbocycles. The molecule has 148 valence electrons. The van der Waals surface area contributed by atoms with Crippen molar-refractivity contribution in [3.63, 3.8) is 0 Å². The van der Waals surface area contributed by atoms with Crippen LogP contribution in [0.1, 0.15) is 21.5 Å². The Labute approximate surface area is 171 Å². The van der Waals surface area contributed by atoms with Crippen LogP contribution in [0, 0.1) is 0 Å². The third-order valence-electron chi connectivity index (χ3n) is 4.29. The molecular formula is C24H24N2O3. The number of ether oxygens (including phenoxy) is 2. The fourth-order valence-electron chi connectivity index (χ4n) is 2.76. The molecule has 0 aliphatic rings.